The first kappa shape index (κ1) is 22.6. The van der Waals surface area contributed by atoms with E-state index in [0.717, 1.165) is 12.8 Å². The fourth-order valence-electron chi connectivity index (χ4n) is 2.33. The van der Waals surface area contributed by atoms with E-state index >= 15 is 0 Å². The second-order valence-corrected chi connectivity index (χ2v) is 5.84. The standard InChI is InChI=1S/C16H24N4O2.2ClH/c1-3-16(4-2,10-17)15(22)19-12-7-8-13(18-9-12)20-14(21)11-5-6-11;;/h7-9,11H,3-6,10,17H2,1-2H3,(H,19,22)(H,18,20,21);2*1H. The van der Waals surface area contributed by atoms with Crippen LogP contribution in [0.5, 0.6) is 0 Å². The van der Waals surface area contributed by atoms with E-state index in [1.54, 1.807) is 18.3 Å². The van der Waals surface area contributed by atoms with Crippen LogP contribution in [0.4, 0.5) is 11.5 Å². The summed E-state index contributed by atoms with van der Waals surface area (Å²) in [4.78, 5) is 28.2. The molecular weight excluding hydrogens is 351 g/mol. The maximum Gasteiger partial charge on any atom is 0.231 e. The number of nitrogens with one attached hydrogen (secondary N) is 2. The Balaban J connectivity index is 0.00000264. The summed E-state index contributed by atoms with van der Waals surface area (Å²) < 4.78 is 0. The summed E-state index contributed by atoms with van der Waals surface area (Å²) in [7, 11) is 0. The first-order valence-corrected chi connectivity index (χ1v) is 7.83. The second-order valence-electron chi connectivity index (χ2n) is 5.84. The van der Waals surface area contributed by atoms with Gasteiger partial charge in [-0.2, -0.15) is 0 Å². The molecule has 1 aromatic heterocycles. The Morgan fingerprint density at radius 2 is 1.83 bits per heavy atom. The highest BCUT2D eigenvalue weighted by Gasteiger charge is 2.33. The Labute approximate surface area is 155 Å². The van der Waals surface area contributed by atoms with Crippen molar-refractivity contribution in [1.29, 1.82) is 0 Å². The first-order chi connectivity index (χ1) is 10.5. The van der Waals surface area contributed by atoms with Crippen molar-refractivity contribution < 1.29 is 9.59 Å². The Morgan fingerprint density at radius 3 is 2.25 bits per heavy atom. The van der Waals surface area contributed by atoms with Crippen LogP contribution in [0.1, 0.15) is 39.5 Å². The number of pyridine rings is 1. The average Bonchev–Trinajstić information content (AvgIpc) is 3.36. The summed E-state index contributed by atoms with van der Waals surface area (Å²) in [6.45, 7) is 4.24. The second kappa shape index (κ2) is 9.81. The molecule has 0 spiro atoms. The smallest absolute Gasteiger partial charge is 0.231 e. The Morgan fingerprint density at radius 1 is 1.21 bits per heavy atom. The average molecular weight is 377 g/mol. The topological polar surface area (TPSA) is 97.1 Å². The molecule has 136 valence electrons. The molecule has 1 aliphatic carbocycles. The summed E-state index contributed by atoms with van der Waals surface area (Å²) in [5.74, 6) is 0.575. The van der Waals surface area contributed by atoms with Gasteiger partial charge in [-0.05, 0) is 37.8 Å². The van der Waals surface area contributed by atoms with Gasteiger partial charge in [0.25, 0.3) is 0 Å². The lowest BCUT2D eigenvalue weighted by molar-refractivity contribution is -0.125. The molecule has 1 aromatic rings. The van der Waals surface area contributed by atoms with Crippen LogP contribution in [0.3, 0.4) is 0 Å². The zero-order valence-electron chi connectivity index (χ0n) is 14.0. The molecule has 0 bridgehead atoms. The van der Waals surface area contributed by atoms with E-state index in [-0.39, 0.29) is 42.5 Å². The number of nitrogens with zero attached hydrogens (tertiary/aromatic N) is 1. The highest BCUT2D eigenvalue weighted by Crippen LogP contribution is 2.30. The van der Waals surface area contributed by atoms with Gasteiger partial charge in [0.2, 0.25) is 11.8 Å². The minimum absolute atomic E-state index is 0. The maximum atomic E-state index is 12.4. The molecule has 1 saturated carbocycles. The molecule has 1 fully saturated rings. The van der Waals surface area contributed by atoms with Crippen LogP contribution in [0.2, 0.25) is 0 Å². The summed E-state index contributed by atoms with van der Waals surface area (Å²) >= 11 is 0. The van der Waals surface area contributed by atoms with Crippen LogP contribution in [-0.4, -0.2) is 23.3 Å². The Kier molecular flexibility index (Phi) is 9.25. The van der Waals surface area contributed by atoms with Gasteiger partial charge in [0.05, 0.1) is 17.3 Å². The third-order valence-corrected chi connectivity index (χ3v) is 4.45. The third-order valence-electron chi connectivity index (χ3n) is 4.45. The van der Waals surface area contributed by atoms with E-state index in [1.807, 2.05) is 13.8 Å². The van der Waals surface area contributed by atoms with Crippen molar-refractivity contribution in [3.8, 4) is 0 Å². The molecule has 0 unspecified atom stereocenters. The molecule has 2 rings (SSSR count). The largest absolute Gasteiger partial charge is 0.329 e. The number of hydrogen-bond acceptors (Lipinski definition) is 4. The molecule has 24 heavy (non-hydrogen) atoms. The van der Waals surface area contributed by atoms with Crippen LogP contribution < -0.4 is 16.4 Å². The zero-order chi connectivity index (χ0) is 16.2. The molecule has 6 nitrogen and oxygen atoms in total. The van der Waals surface area contributed by atoms with E-state index in [4.69, 9.17) is 5.73 Å². The number of halogens is 2. The fourth-order valence-corrected chi connectivity index (χ4v) is 2.33. The first-order valence-electron chi connectivity index (χ1n) is 7.83. The Hall–Kier alpha value is -1.37. The van der Waals surface area contributed by atoms with Gasteiger partial charge in [0.15, 0.2) is 0 Å². The van der Waals surface area contributed by atoms with Gasteiger partial charge < -0.3 is 16.4 Å². The number of amides is 2. The van der Waals surface area contributed by atoms with Gasteiger partial charge in [-0.3, -0.25) is 9.59 Å². The third kappa shape index (κ3) is 5.33. The number of rotatable bonds is 7. The van der Waals surface area contributed by atoms with Crippen molar-refractivity contribution in [1.82, 2.24) is 4.98 Å². The number of anilines is 2. The minimum atomic E-state index is -0.543. The molecule has 0 aromatic carbocycles. The van der Waals surface area contributed by atoms with Gasteiger partial charge in [-0.25, -0.2) is 4.98 Å². The van der Waals surface area contributed by atoms with Gasteiger partial charge in [-0.15, -0.1) is 24.8 Å². The highest BCUT2D eigenvalue weighted by molar-refractivity contribution is 5.96. The molecule has 1 aliphatic rings. The molecule has 1 heterocycles. The van der Waals surface area contributed by atoms with Gasteiger partial charge in [-0.1, -0.05) is 13.8 Å². The minimum Gasteiger partial charge on any atom is -0.329 e. The quantitative estimate of drug-likeness (QED) is 0.681. The molecule has 8 heteroatoms. The number of hydrogen-bond donors (Lipinski definition) is 3. The molecular formula is C16H26Cl2N4O2. The maximum absolute atomic E-state index is 12.4. The normalized spacial score (nSPS) is 13.3. The predicted molar refractivity (Wildman–Crippen MR) is 101 cm³/mol. The summed E-state index contributed by atoms with van der Waals surface area (Å²) in [5.41, 5.74) is 5.84. The van der Waals surface area contributed by atoms with Gasteiger partial charge >= 0.3 is 0 Å². The summed E-state index contributed by atoms with van der Waals surface area (Å²) in [6, 6.07) is 3.43. The number of carbonyl (C=O) groups excluding carboxylic acids is 2. The Bertz CT molecular complexity index is 535. The van der Waals surface area contributed by atoms with Crippen LogP contribution in [0, 0.1) is 11.3 Å². The van der Waals surface area contributed by atoms with Crippen molar-refractivity contribution in [2.45, 2.75) is 39.5 Å². The lowest BCUT2D eigenvalue weighted by atomic mass is 9.81. The SMILES string of the molecule is CCC(CC)(CN)C(=O)Nc1ccc(NC(=O)C2CC2)nc1.Cl.Cl. The van der Waals surface area contributed by atoms with Crippen LogP contribution in [-0.2, 0) is 9.59 Å². The van der Waals surface area contributed by atoms with Crippen LogP contribution in [0.25, 0.3) is 0 Å². The number of carbonyl (C=O) groups is 2. The van der Waals surface area contributed by atoms with Gasteiger partial charge in [0, 0.05) is 12.5 Å². The lowest BCUT2D eigenvalue weighted by Gasteiger charge is -2.28. The van der Waals surface area contributed by atoms with E-state index in [2.05, 4.69) is 15.6 Å². The number of nitrogens with two attached hydrogens (primary N) is 1. The van der Waals surface area contributed by atoms with Crippen molar-refractivity contribution in [2.75, 3.05) is 17.2 Å². The summed E-state index contributed by atoms with van der Waals surface area (Å²) in [5, 5.41) is 5.62. The van der Waals surface area contributed by atoms with E-state index in [0.29, 0.717) is 30.9 Å². The van der Waals surface area contributed by atoms with Crippen molar-refractivity contribution >= 4 is 48.1 Å². The highest BCUT2D eigenvalue weighted by atomic mass is 35.5. The molecule has 4 N–H and O–H groups in total. The van der Waals surface area contributed by atoms with E-state index in [9.17, 15) is 9.59 Å². The van der Waals surface area contributed by atoms with Gasteiger partial charge in [0.1, 0.15) is 5.82 Å². The monoisotopic (exact) mass is 376 g/mol. The summed E-state index contributed by atoms with van der Waals surface area (Å²) in [6.07, 6.45) is 4.83. The van der Waals surface area contributed by atoms with Crippen molar-refractivity contribution in [3.63, 3.8) is 0 Å². The predicted octanol–water partition coefficient (Wildman–Crippen LogP) is 2.98. The van der Waals surface area contributed by atoms with Crippen molar-refractivity contribution in [3.05, 3.63) is 18.3 Å². The molecule has 0 atom stereocenters. The molecule has 0 radical (unpaired) electrons. The fraction of sp³-hybridized carbons (Fsp3) is 0.562. The number of aromatic nitrogens is 1. The molecule has 0 saturated heterocycles. The van der Waals surface area contributed by atoms with E-state index < -0.39 is 5.41 Å². The van der Waals surface area contributed by atoms with Crippen molar-refractivity contribution in [2.24, 2.45) is 17.1 Å². The van der Waals surface area contributed by atoms with Crippen LogP contribution >= 0.6 is 24.8 Å². The van der Waals surface area contributed by atoms with E-state index in [1.165, 1.54) is 0 Å². The molecule has 2 amide bonds. The lowest BCUT2D eigenvalue weighted by Crippen LogP contribution is -2.41. The molecule has 0 aliphatic heterocycles. The van der Waals surface area contributed by atoms with Crippen LogP contribution in [0.15, 0.2) is 18.3 Å². The zero-order valence-corrected chi connectivity index (χ0v) is 15.6.